The van der Waals surface area contributed by atoms with E-state index in [1.54, 1.807) is 17.7 Å². The highest BCUT2D eigenvalue weighted by molar-refractivity contribution is 8.00. The van der Waals surface area contributed by atoms with E-state index >= 15 is 0 Å². The summed E-state index contributed by atoms with van der Waals surface area (Å²) in [6.45, 7) is 1.72. The Morgan fingerprint density at radius 2 is 1.92 bits per heavy atom. The Morgan fingerprint density at radius 3 is 2.71 bits per heavy atom. The minimum Gasteiger partial charge on any atom is -0.341 e. The lowest BCUT2D eigenvalue weighted by molar-refractivity contribution is -0.129. The SMILES string of the molecule is O=C(C(Sc1ncnc2ccsc12)c1ccccc1)N1CCCC1. The number of amides is 1. The second kappa shape index (κ2) is 6.91. The molecule has 0 aliphatic carbocycles. The molecule has 0 N–H and O–H groups in total. The second-order valence-corrected chi connectivity index (χ2v) is 7.76. The van der Waals surface area contributed by atoms with Gasteiger partial charge in [-0.05, 0) is 29.9 Å². The molecule has 122 valence electrons. The second-order valence-electron chi connectivity index (χ2n) is 5.75. The van der Waals surface area contributed by atoms with E-state index in [0.29, 0.717) is 0 Å². The van der Waals surface area contributed by atoms with E-state index in [1.165, 1.54) is 11.8 Å². The monoisotopic (exact) mass is 355 g/mol. The molecule has 1 saturated heterocycles. The quantitative estimate of drug-likeness (QED) is 0.521. The van der Waals surface area contributed by atoms with Gasteiger partial charge in [0.05, 0.1) is 10.2 Å². The van der Waals surface area contributed by atoms with Gasteiger partial charge in [-0.1, -0.05) is 42.1 Å². The smallest absolute Gasteiger partial charge is 0.240 e. The first-order valence-corrected chi connectivity index (χ1v) is 9.77. The summed E-state index contributed by atoms with van der Waals surface area (Å²) in [5.74, 6) is 0.187. The van der Waals surface area contributed by atoms with Crippen LogP contribution in [-0.2, 0) is 4.79 Å². The Kier molecular flexibility index (Phi) is 4.49. The molecule has 2 aromatic heterocycles. The minimum atomic E-state index is -0.260. The zero-order chi connectivity index (χ0) is 16.4. The lowest BCUT2D eigenvalue weighted by atomic mass is 10.1. The highest BCUT2D eigenvalue weighted by Gasteiger charge is 2.29. The van der Waals surface area contributed by atoms with Gasteiger partial charge in [0.15, 0.2) is 0 Å². The number of carbonyl (C=O) groups excluding carboxylic acids is 1. The van der Waals surface area contributed by atoms with Crippen molar-refractivity contribution in [2.45, 2.75) is 23.1 Å². The zero-order valence-electron chi connectivity index (χ0n) is 13.1. The fourth-order valence-electron chi connectivity index (χ4n) is 2.95. The Labute approximate surface area is 148 Å². The Bertz CT molecular complexity index is 844. The molecule has 1 aliphatic heterocycles. The summed E-state index contributed by atoms with van der Waals surface area (Å²) in [5, 5.41) is 2.64. The molecule has 0 bridgehead atoms. The van der Waals surface area contributed by atoms with Crippen LogP contribution < -0.4 is 0 Å². The van der Waals surface area contributed by atoms with Crippen LogP contribution in [0, 0.1) is 0 Å². The van der Waals surface area contributed by atoms with E-state index in [0.717, 1.165) is 46.7 Å². The molecule has 3 heterocycles. The summed E-state index contributed by atoms with van der Waals surface area (Å²) in [6, 6.07) is 12.0. The molecular weight excluding hydrogens is 338 g/mol. The van der Waals surface area contributed by atoms with Crippen molar-refractivity contribution in [3.63, 3.8) is 0 Å². The van der Waals surface area contributed by atoms with E-state index in [4.69, 9.17) is 0 Å². The first-order valence-electron chi connectivity index (χ1n) is 8.01. The van der Waals surface area contributed by atoms with Crippen molar-refractivity contribution in [1.82, 2.24) is 14.9 Å². The van der Waals surface area contributed by atoms with Gasteiger partial charge in [-0.3, -0.25) is 4.79 Å². The maximum atomic E-state index is 13.1. The molecule has 4 nitrogen and oxygen atoms in total. The molecule has 4 rings (SSSR count). The summed E-state index contributed by atoms with van der Waals surface area (Å²) < 4.78 is 1.05. The topological polar surface area (TPSA) is 46.1 Å². The number of thiophene rings is 1. The molecule has 1 unspecified atom stereocenters. The Hall–Kier alpha value is -1.92. The maximum absolute atomic E-state index is 13.1. The van der Waals surface area contributed by atoms with Crippen molar-refractivity contribution < 1.29 is 4.79 Å². The van der Waals surface area contributed by atoms with E-state index in [2.05, 4.69) is 9.97 Å². The number of hydrogen-bond donors (Lipinski definition) is 0. The van der Waals surface area contributed by atoms with Crippen molar-refractivity contribution >= 4 is 39.2 Å². The van der Waals surface area contributed by atoms with Gasteiger partial charge >= 0.3 is 0 Å². The Balaban J connectivity index is 1.70. The van der Waals surface area contributed by atoms with Crippen LogP contribution in [-0.4, -0.2) is 33.9 Å². The van der Waals surface area contributed by atoms with Gasteiger partial charge in [-0.2, -0.15) is 0 Å². The first kappa shape index (κ1) is 15.6. The van der Waals surface area contributed by atoms with Crippen molar-refractivity contribution in [2.24, 2.45) is 0 Å². The molecule has 24 heavy (non-hydrogen) atoms. The average molecular weight is 355 g/mol. The molecular formula is C18H17N3OS2. The predicted octanol–water partition coefficient (Wildman–Crippen LogP) is 4.15. The van der Waals surface area contributed by atoms with Crippen LogP contribution in [0.5, 0.6) is 0 Å². The summed E-state index contributed by atoms with van der Waals surface area (Å²) in [7, 11) is 0. The number of likely N-dealkylation sites (tertiary alicyclic amines) is 1. The third-order valence-corrected chi connectivity index (χ3v) is 6.47. The van der Waals surface area contributed by atoms with Crippen LogP contribution in [0.25, 0.3) is 10.2 Å². The van der Waals surface area contributed by atoms with Gasteiger partial charge < -0.3 is 4.90 Å². The van der Waals surface area contributed by atoms with Crippen LogP contribution >= 0.6 is 23.1 Å². The molecule has 6 heteroatoms. The lowest BCUT2D eigenvalue weighted by Crippen LogP contribution is -2.31. The van der Waals surface area contributed by atoms with E-state index < -0.39 is 0 Å². The van der Waals surface area contributed by atoms with Crippen LogP contribution in [0.3, 0.4) is 0 Å². The fraction of sp³-hybridized carbons (Fsp3) is 0.278. The summed E-state index contributed by atoms with van der Waals surface area (Å²) in [6.07, 6.45) is 3.78. The minimum absolute atomic E-state index is 0.187. The molecule has 0 radical (unpaired) electrons. The van der Waals surface area contributed by atoms with Crippen LogP contribution in [0.1, 0.15) is 23.7 Å². The number of carbonyl (C=O) groups is 1. The number of aromatic nitrogens is 2. The summed E-state index contributed by atoms with van der Waals surface area (Å²) in [4.78, 5) is 23.8. The van der Waals surface area contributed by atoms with E-state index in [9.17, 15) is 4.79 Å². The van der Waals surface area contributed by atoms with Gasteiger partial charge in [0, 0.05) is 13.1 Å². The summed E-state index contributed by atoms with van der Waals surface area (Å²) >= 11 is 3.16. The van der Waals surface area contributed by atoms with Crippen LogP contribution in [0.15, 0.2) is 53.1 Å². The molecule has 1 amide bonds. The number of fused-ring (bicyclic) bond motifs is 1. The van der Waals surface area contributed by atoms with E-state index in [-0.39, 0.29) is 11.2 Å². The highest BCUT2D eigenvalue weighted by atomic mass is 32.2. The number of benzene rings is 1. The van der Waals surface area contributed by atoms with Crippen LogP contribution in [0.2, 0.25) is 0 Å². The van der Waals surface area contributed by atoms with E-state index in [1.807, 2.05) is 46.7 Å². The maximum Gasteiger partial charge on any atom is 0.240 e. The number of hydrogen-bond acceptors (Lipinski definition) is 5. The molecule has 0 spiro atoms. The number of thioether (sulfide) groups is 1. The van der Waals surface area contributed by atoms with Gasteiger partial charge in [0.1, 0.15) is 16.6 Å². The third kappa shape index (κ3) is 3.03. The first-order chi connectivity index (χ1) is 11.8. The van der Waals surface area contributed by atoms with Crippen molar-refractivity contribution in [1.29, 1.82) is 0 Å². The van der Waals surface area contributed by atoms with Gasteiger partial charge in [-0.15, -0.1) is 11.3 Å². The number of nitrogens with zero attached hydrogens (tertiary/aromatic N) is 3. The number of rotatable bonds is 4. The highest BCUT2D eigenvalue weighted by Crippen LogP contribution is 2.40. The molecule has 1 fully saturated rings. The molecule has 0 saturated carbocycles. The standard InChI is InChI=1S/C18H17N3OS2/c22-18(21-9-4-5-10-21)15(13-6-2-1-3-7-13)24-17-16-14(8-11-23-16)19-12-20-17/h1-3,6-8,11-12,15H,4-5,9-10H2. The lowest BCUT2D eigenvalue weighted by Gasteiger charge is -2.23. The molecule has 3 aromatic rings. The third-order valence-electron chi connectivity index (χ3n) is 4.18. The average Bonchev–Trinajstić information content (AvgIpc) is 3.31. The van der Waals surface area contributed by atoms with Crippen molar-refractivity contribution in [3.8, 4) is 0 Å². The summed E-state index contributed by atoms with van der Waals surface area (Å²) in [5.41, 5.74) is 1.97. The van der Waals surface area contributed by atoms with Gasteiger partial charge in [0.25, 0.3) is 0 Å². The normalized spacial score (nSPS) is 15.8. The van der Waals surface area contributed by atoms with Crippen molar-refractivity contribution in [3.05, 3.63) is 53.7 Å². The van der Waals surface area contributed by atoms with Gasteiger partial charge in [0.2, 0.25) is 5.91 Å². The van der Waals surface area contributed by atoms with Crippen LogP contribution in [0.4, 0.5) is 0 Å². The van der Waals surface area contributed by atoms with Gasteiger partial charge in [-0.25, -0.2) is 9.97 Å². The fourth-order valence-corrected chi connectivity index (χ4v) is 5.06. The molecule has 1 atom stereocenters. The van der Waals surface area contributed by atoms with Crippen molar-refractivity contribution in [2.75, 3.05) is 13.1 Å². The Morgan fingerprint density at radius 1 is 1.12 bits per heavy atom. The molecule has 1 aliphatic rings. The largest absolute Gasteiger partial charge is 0.341 e. The predicted molar refractivity (Wildman–Crippen MR) is 98.3 cm³/mol. The zero-order valence-corrected chi connectivity index (χ0v) is 14.7. The molecule has 1 aromatic carbocycles.